The molecule has 0 radical (unpaired) electrons. The third kappa shape index (κ3) is 5.00. The summed E-state index contributed by atoms with van der Waals surface area (Å²) in [5.41, 5.74) is 3.50. The summed E-state index contributed by atoms with van der Waals surface area (Å²) in [6, 6.07) is 17.9. The number of benzene rings is 2. The van der Waals surface area contributed by atoms with Gasteiger partial charge in [-0.15, -0.1) is 0 Å². The topological polar surface area (TPSA) is 56.1 Å². The molecule has 1 amide bonds. The Morgan fingerprint density at radius 3 is 2.25 bits per heavy atom. The maximum absolute atomic E-state index is 12.4. The summed E-state index contributed by atoms with van der Waals surface area (Å²) < 4.78 is 6.95. The molecular formula is C23H27N3O2. The highest BCUT2D eigenvalue weighted by molar-refractivity contribution is 5.91. The highest BCUT2D eigenvalue weighted by Gasteiger charge is 2.13. The van der Waals surface area contributed by atoms with E-state index in [1.165, 1.54) is 5.56 Å². The number of methoxy groups -OCH3 is 1. The first-order valence-electron chi connectivity index (χ1n) is 9.39. The van der Waals surface area contributed by atoms with Crippen LogP contribution in [0.15, 0.2) is 60.8 Å². The van der Waals surface area contributed by atoms with Gasteiger partial charge in [0.25, 0.3) is 0 Å². The Morgan fingerprint density at radius 1 is 1.00 bits per heavy atom. The van der Waals surface area contributed by atoms with Crippen LogP contribution in [0.5, 0.6) is 5.75 Å². The molecule has 1 N–H and O–H groups in total. The molecule has 0 aliphatic heterocycles. The van der Waals surface area contributed by atoms with Crippen LogP contribution in [-0.4, -0.2) is 22.8 Å². The predicted octanol–water partition coefficient (Wildman–Crippen LogP) is 4.42. The first kappa shape index (κ1) is 19.7. The molecule has 0 saturated heterocycles. The molecule has 28 heavy (non-hydrogen) atoms. The maximum Gasteiger partial charge on any atom is 0.229 e. The summed E-state index contributed by atoms with van der Waals surface area (Å²) in [5.74, 6) is 1.40. The molecule has 3 rings (SSSR count). The van der Waals surface area contributed by atoms with Crippen molar-refractivity contribution in [1.82, 2.24) is 9.78 Å². The lowest BCUT2D eigenvalue weighted by molar-refractivity contribution is -0.115. The quantitative estimate of drug-likeness (QED) is 0.692. The summed E-state index contributed by atoms with van der Waals surface area (Å²) in [7, 11) is 1.62. The van der Waals surface area contributed by atoms with Gasteiger partial charge < -0.3 is 10.1 Å². The summed E-state index contributed by atoms with van der Waals surface area (Å²) in [6.07, 6.45) is 2.00. The van der Waals surface area contributed by atoms with Gasteiger partial charge in [0, 0.05) is 6.07 Å². The van der Waals surface area contributed by atoms with E-state index in [1.807, 2.05) is 30.3 Å². The van der Waals surface area contributed by atoms with Gasteiger partial charge in [0.1, 0.15) is 11.6 Å². The second-order valence-corrected chi connectivity index (χ2v) is 7.89. The van der Waals surface area contributed by atoms with Crippen LogP contribution >= 0.6 is 0 Å². The number of nitrogens with zero attached hydrogens (tertiary/aromatic N) is 2. The highest BCUT2D eigenvalue weighted by atomic mass is 16.5. The van der Waals surface area contributed by atoms with Crippen molar-refractivity contribution < 1.29 is 9.53 Å². The number of nitrogens with one attached hydrogen (secondary N) is 1. The molecule has 0 spiro atoms. The number of hydrogen-bond donors (Lipinski definition) is 1. The van der Waals surface area contributed by atoms with E-state index in [4.69, 9.17) is 4.74 Å². The molecule has 0 saturated carbocycles. The van der Waals surface area contributed by atoms with E-state index in [9.17, 15) is 4.79 Å². The molecule has 0 fully saturated rings. The van der Waals surface area contributed by atoms with E-state index in [1.54, 1.807) is 18.0 Å². The normalized spacial score (nSPS) is 11.3. The predicted molar refractivity (Wildman–Crippen MR) is 112 cm³/mol. The Bertz CT molecular complexity index is 920. The molecule has 5 nitrogen and oxygen atoms in total. The lowest BCUT2D eigenvalue weighted by Gasteiger charge is -2.19. The zero-order valence-electron chi connectivity index (χ0n) is 16.9. The number of amides is 1. The van der Waals surface area contributed by atoms with Gasteiger partial charge in [-0.2, -0.15) is 5.10 Å². The molecule has 0 atom stereocenters. The fraction of sp³-hybridized carbons (Fsp3) is 0.304. The van der Waals surface area contributed by atoms with Crippen molar-refractivity contribution in [2.75, 3.05) is 12.4 Å². The van der Waals surface area contributed by atoms with E-state index in [0.717, 1.165) is 16.9 Å². The number of carbonyl (C=O) groups is 1. The lowest BCUT2D eigenvalue weighted by Crippen LogP contribution is -2.18. The van der Waals surface area contributed by atoms with Crippen LogP contribution in [0.1, 0.15) is 37.5 Å². The second kappa shape index (κ2) is 8.30. The minimum absolute atomic E-state index is 0.0741. The van der Waals surface area contributed by atoms with Crippen molar-refractivity contribution in [3.05, 3.63) is 77.5 Å². The summed E-state index contributed by atoms with van der Waals surface area (Å²) in [5, 5.41) is 7.30. The van der Waals surface area contributed by atoms with E-state index >= 15 is 0 Å². The molecule has 2 aromatic carbocycles. The Balaban J connectivity index is 1.63. The Morgan fingerprint density at radius 2 is 1.64 bits per heavy atom. The van der Waals surface area contributed by atoms with Crippen molar-refractivity contribution >= 4 is 11.7 Å². The van der Waals surface area contributed by atoms with Crippen molar-refractivity contribution in [2.45, 2.75) is 39.2 Å². The molecule has 1 heterocycles. The number of aromatic nitrogens is 2. The molecule has 5 heteroatoms. The monoisotopic (exact) mass is 377 g/mol. The van der Waals surface area contributed by atoms with Crippen molar-refractivity contribution in [1.29, 1.82) is 0 Å². The number of anilines is 1. The van der Waals surface area contributed by atoms with Crippen LogP contribution in [0.2, 0.25) is 0 Å². The molecule has 0 unspecified atom stereocenters. The van der Waals surface area contributed by atoms with Crippen LogP contribution in [0.4, 0.5) is 5.82 Å². The Labute approximate surface area is 166 Å². The fourth-order valence-electron chi connectivity index (χ4n) is 2.96. The molecule has 3 aromatic rings. The van der Waals surface area contributed by atoms with Gasteiger partial charge >= 0.3 is 0 Å². The second-order valence-electron chi connectivity index (χ2n) is 7.89. The highest BCUT2D eigenvalue weighted by Crippen LogP contribution is 2.22. The Hall–Kier alpha value is -3.08. The largest absolute Gasteiger partial charge is 0.497 e. The maximum atomic E-state index is 12.4. The lowest BCUT2D eigenvalue weighted by atomic mass is 9.87. The van der Waals surface area contributed by atoms with Gasteiger partial charge in [-0.05, 0) is 34.2 Å². The summed E-state index contributed by atoms with van der Waals surface area (Å²) >= 11 is 0. The van der Waals surface area contributed by atoms with E-state index in [-0.39, 0.29) is 11.3 Å². The van der Waals surface area contributed by atoms with Crippen LogP contribution in [0, 0.1) is 0 Å². The Kier molecular flexibility index (Phi) is 5.83. The van der Waals surface area contributed by atoms with E-state index < -0.39 is 0 Å². The number of rotatable bonds is 6. The smallest absolute Gasteiger partial charge is 0.229 e. The van der Waals surface area contributed by atoms with E-state index in [0.29, 0.717) is 18.8 Å². The average molecular weight is 377 g/mol. The van der Waals surface area contributed by atoms with Gasteiger partial charge in [-0.3, -0.25) is 4.79 Å². The van der Waals surface area contributed by atoms with Crippen molar-refractivity contribution in [3.63, 3.8) is 0 Å². The van der Waals surface area contributed by atoms with Crippen molar-refractivity contribution in [2.24, 2.45) is 0 Å². The van der Waals surface area contributed by atoms with Gasteiger partial charge in [-0.1, -0.05) is 57.2 Å². The van der Waals surface area contributed by atoms with Crippen molar-refractivity contribution in [3.8, 4) is 5.75 Å². The van der Waals surface area contributed by atoms with Crippen LogP contribution in [0.25, 0.3) is 0 Å². The van der Waals surface area contributed by atoms with Crippen LogP contribution in [0.3, 0.4) is 0 Å². The third-order valence-electron chi connectivity index (χ3n) is 4.66. The first-order valence-corrected chi connectivity index (χ1v) is 9.39. The van der Waals surface area contributed by atoms with Gasteiger partial charge in [-0.25, -0.2) is 4.68 Å². The van der Waals surface area contributed by atoms with Crippen LogP contribution in [-0.2, 0) is 23.2 Å². The standard InChI is InChI=1S/C23H27N3O2/c1-23(2,3)19-9-5-18(6-10-19)16-26-21(13-14-24-26)25-22(27)15-17-7-11-20(28-4)12-8-17/h5-14H,15-16H2,1-4H3,(H,25,27). The number of ether oxygens (including phenoxy) is 1. The number of hydrogen-bond acceptors (Lipinski definition) is 3. The zero-order valence-corrected chi connectivity index (χ0v) is 16.9. The molecule has 0 aliphatic rings. The average Bonchev–Trinajstić information content (AvgIpc) is 3.08. The summed E-state index contributed by atoms with van der Waals surface area (Å²) in [4.78, 5) is 12.4. The fourth-order valence-corrected chi connectivity index (χ4v) is 2.96. The molecular weight excluding hydrogens is 350 g/mol. The minimum atomic E-state index is -0.0741. The molecule has 1 aromatic heterocycles. The zero-order chi connectivity index (χ0) is 20.1. The van der Waals surface area contributed by atoms with E-state index in [2.05, 4.69) is 55.5 Å². The SMILES string of the molecule is COc1ccc(CC(=O)Nc2ccnn2Cc2ccc(C(C)(C)C)cc2)cc1. The molecule has 0 bridgehead atoms. The van der Waals surface area contributed by atoms with Gasteiger partial charge in [0.15, 0.2) is 0 Å². The first-order chi connectivity index (χ1) is 13.3. The minimum Gasteiger partial charge on any atom is -0.497 e. The van der Waals surface area contributed by atoms with Crippen LogP contribution < -0.4 is 10.1 Å². The molecule has 146 valence electrons. The summed E-state index contributed by atoms with van der Waals surface area (Å²) in [6.45, 7) is 7.21. The van der Waals surface area contributed by atoms with Gasteiger partial charge in [0.2, 0.25) is 5.91 Å². The third-order valence-corrected chi connectivity index (χ3v) is 4.66. The van der Waals surface area contributed by atoms with Gasteiger partial charge in [0.05, 0.1) is 26.3 Å². The number of carbonyl (C=O) groups excluding carboxylic acids is 1. The molecule has 0 aliphatic carbocycles.